The Bertz CT molecular complexity index is 1990. The molecule has 1 heterocycles. The largest absolute Gasteiger partial charge is 0.372 e. The van der Waals surface area contributed by atoms with Crippen LogP contribution in [0.4, 0.5) is 0 Å². The maximum atomic E-state index is 14.6. The monoisotopic (exact) mass is 842 g/mol. The van der Waals surface area contributed by atoms with Crippen molar-refractivity contribution in [3.8, 4) is 0 Å². The van der Waals surface area contributed by atoms with E-state index in [0.29, 0.717) is 19.4 Å². The molecule has 0 bridgehead atoms. The fraction of sp³-hybridized carbons (Fsp3) is 0.455. The Kier molecular flexibility index (Phi) is 19.1. The lowest BCUT2D eigenvalue weighted by molar-refractivity contribution is -0.146. The van der Waals surface area contributed by atoms with Gasteiger partial charge in [-0.25, -0.2) is 0 Å². The molecule has 1 aliphatic rings. The number of carbonyl (C=O) groups excluding carboxylic acids is 8. The first kappa shape index (κ1) is 47.3. The number of hydrogen-bond donors (Lipinski definition) is 7. The van der Waals surface area contributed by atoms with Gasteiger partial charge >= 0.3 is 0 Å². The molecule has 0 saturated carbocycles. The van der Waals surface area contributed by atoms with Crippen molar-refractivity contribution in [2.24, 2.45) is 0 Å². The van der Waals surface area contributed by atoms with Gasteiger partial charge in [0.05, 0.1) is 38.8 Å². The minimum absolute atomic E-state index is 0.00219. The highest BCUT2D eigenvalue weighted by molar-refractivity contribution is 5.97. The van der Waals surface area contributed by atoms with E-state index in [1.165, 1.54) is 18.7 Å². The van der Waals surface area contributed by atoms with Gasteiger partial charge in [-0.15, -0.1) is 0 Å². The Labute approximate surface area is 355 Å². The van der Waals surface area contributed by atoms with Gasteiger partial charge in [-0.05, 0) is 48.6 Å². The molecular formula is C44H58N8O9. The molecule has 1 aliphatic heterocycles. The zero-order chi connectivity index (χ0) is 44.1. The van der Waals surface area contributed by atoms with E-state index >= 15 is 0 Å². The van der Waals surface area contributed by atoms with Crippen molar-refractivity contribution in [2.75, 3.05) is 39.3 Å². The van der Waals surface area contributed by atoms with Gasteiger partial charge in [-0.2, -0.15) is 0 Å². The first-order valence-corrected chi connectivity index (χ1v) is 20.6. The van der Waals surface area contributed by atoms with Crippen LogP contribution in [0, 0.1) is 0 Å². The maximum Gasteiger partial charge on any atom is 0.246 e. The van der Waals surface area contributed by atoms with E-state index in [0.717, 1.165) is 34.7 Å². The van der Waals surface area contributed by atoms with Gasteiger partial charge in [-0.3, -0.25) is 38.4 Å². The van der Waals surface area contributed by atoms with Crippen LogP contribution in [0.2, 0.25) is 0 Å². The van der Waals surface area contributed by atoms with Crippen LogP contribution in [0.1, 0.15) is 64.0 Å². The van der Waals surface area contributed by atoms with Crippen molar-refractivity contribution >= 4 is 58.0 Å². The average Bonchev–Trinajstić information content (AvgIpc) is 3.25. The molecule has 4 atom stereocenters. The quantitative estimate of drug-likeness (QED) is 0.152. The summed E-state index contributed by atoms with van der Waals surface area (Å²) in [5, 5.41) is 20.1. The number of fused-ring (bicyclic) bond motifs is 1. The van der Waals surface area contributed by atoms with Crippen molar-refractivity contribution < 1.29 is 43.1 Å². The van der Waals surface area contributed by atoms with Gasteiger partial charge in [0.25, 0.3) is 0 Å². The summed E-state index contributed by atoms with van der Waals surface area (Å²) in [6, 6.07) is 18.4. The lowest BCUT2D eigenvalue weighted by Gasteiger charge is -2.34. The average molecular weight is 843 g/mol. The van der Waals surface area contributed by atoms with Gasteiger partial charge in [0, 0.05) is 33.0 Å². The molecule has 1 fully saturated rings. The molecule has 0 spiro atoms. The smallest absolute Gasteiger partial charge is 0.246 e. The van der Waals surface area contributed by atoms with E-state index in [2.05, 4.69) is 37.2 Å². The lowest BCUT2D eigenvalue weighted by Crippen LogP contribution is -2.60. The van der Waals surface area contributed by atoms with Crippen molar-refractivity contribution in [2.45, 2.75) is 90.1 Å². The molecule has 17 nitrogen and oxygen atoms in total. The number of nitrogens with one attached hydrogen (secondary N) is 7. The fourth-order valence-corrected chi connectivity index (χ4v) is 6.68. The van der Waals surface area contributed by atoms with E-state index in [4.69, 9.17) is 4.74 Å². The second kappa shape index (κ2) is 24.7. The van der Waals surface area contributed by atoms with Crippen LogP contribution in [0.3, 0.4) is 0 Å². The highest BCUT2D eigenvalue weighted by Crippen LogP contribution is 2.20. The maximum absolute atomic E-state index is 14.6. The molecule has 17 heteroatoms. The number of benzene rings is 3. The number of amides is 8. The van der Waals surface area contributed by atoms with Gasteiger partial charge in [0.2, 0.25) is 47.3 Å². The summed E-state index contributed by atoms with van der Waals surface area (Å²) < 4.78 is 6.10. The van der Waals surface area contributed by atoms with Crippen LogP contribution in [-0.4, -0.2) is 116 Å². The second-order valence-corrected chi connectivity index (χ2v) is 15.0. The molecule has 0 aliphatic carbocycles. The summed E-state index contributed by atoms with van der Waals surface area (Å²) in [6.07, 6.45) is 1.60. The zero-order valence-corrected chi connectivity index (χ0v) is 35.1. The first-order chi connectivity index (χ1) is 29.3. The van der Waals surface area contributed by atoms with E-state index in [1.807, 2.05) is 72.8 Å². The number of hydrogen-bond acceptors (Lipinski definition) is 9. The Morgan fingerprint density at radius 2 is 1.41 bits per heavy atom. The highest BCUT2D eigenvalue weighted by Gasteiger charge is 2.36. The zero-order valence-electron chi connectivity index (χ0n) is 35.1. The molecule has 1 unspecified atom stereocenters. The van der Waals surface area contributed by atoms with Crippen LogP contribution in [0.5, 0.6) is 0 Å². The molecule has 0 aromatic heterocycles. The molecule has 3 aromatic rings. The molecule has 7 N–H and O–H groups in total. The molecule has 0 radical (unpaired) electrons. The third-order valence-corrected chi connectivity index (χ3v) is 10.0. The van der Waals surface area contributed by atoms with Gasteiger partial charge in [0.15, 0.2) is 0 Å². The van der Waals surface area contributed by atoms with E-state index < -0.39 is 91.0 Å². The van der Waals surface area contributed by atoms with Gasteiger partial charge in [-0.1, -0.05) is 85.6 Å². The first-order valence-electron chi connectivity index (χ1n) is 20.6. The number of rotatable bonds is 10. The van der Waals surface area contributed by atoms with Gasteiger partial charge in [0.1, 0.15) is 18.1 Å². The van der Waals surface area contributed by atoms with Crippen LogP contribution in [0.15, 0.2) is 72.8 Å². The second-order valence-electron chi connectivity index (χ2n) is 15.0. The van der Waals surface area contributed by atoms with Crippen LogP contribution < -0.4 is 37.2 Å². The number of ether oxygens (including phenoxy) is 1. The highest BCUT2D eigenvalue weighted by atomic mass is 16.5. The normalized spacial score (nSPS) is 20.2. The number of carbonyl (C=O) groups is 8. The summed E-state index contributed by atoms with van der Waals surface area (Å²) in [6.45, 7) is 3.87. The van der Waals surface area contributed by atoms with E-state index in [1.54, 1.807) is 6.92 Å². The molecule has 1 saturated heterocycles. The summed E-state index contributed by atoms with van der Waals surface area (Å²) in [5.74, 6) is -4.96. The van der Waals surface area contributed by atoms with Crippen molar-refractivity contribution in [1.29, 1.82) is 0 Å². The molecular weight excluding hydrogens is 785 g/mol. The SMILES string of the molecule is CC(=O)NCC(=O)N[C@H]1CC(=O)NCCCCCCNC(=O)CNC(=O)CNC(=O)[C@@H](Cc2cccc3ccccc23)NC(=O)[C@H](C)N(CC(C)OCc2ccccc2)C1=O. The summed E-state index contributed by atoms with van der Waals surface area (Å²) >= 11 is 0. The van der Waals surface area contributed by atoms with Crippen LogP contribution in [-0.2, 0) is 56.1 Å². The molecule has 4 rings (SSSR count). The van der Waals surface area contributed by atoms with Crippen molar-refractivity contribution in [3.63, 3.8) is 0 Å². The summed E-state index contributed by atoms with van der Waals surface area (Å²) in [7, 11) is 0. The lowest BCUT2D eigenvalue weighted by atomic mass is 9.98. The minimum Gasteiger partial charge on any atom is -0.372 e. The van der Waals surface area contributed by atoms with Crippen LogP contribution >= 0.6 is 0 Å². The Balaban J connectivity index is 1.68. The summed E-state index contributed by atoms with van der Waals surface area (Å²) in [4.78, 5) is 107. The van der Waals surface area contributed by atoms with Gasteiger partial charge < -0.3 is 46.9 Å². The third-order valence-electron chi connectivity index (χ3n) is 10.0. The fourth-order valence-electron chi connectivity index (χ4n) is 6.68. The molecule has 328 valence electrons. The van der Waals surface area contributed by atoms with Crippen molar-refractivity contribution in [1.82, 2.24) is 42.1 Å². The van der Waals surface area contributed by atoms with E-state index in [9.17, 15) is 38.4 Å². The topological polar surface area (TPSA) is 233 Å². The Morgan fingerprint density at radius 1 is 0.770 bits per heavy atom. The molecule has 8 amide bonds. The van der Waals surface area contributed by atoms with E-state index in [-0.39, 0.29) is 32.7 Å². The third kappa shape index (κ3) is 16.3. The Hall–Kier alpha value is -6.36. The predicted molar refractivity (Wildman–Crippen MR) is 227 cm³/mol. The summed E-state index contributed by atoms with van der Waals surface area (Å²) in [5.41, 5.74) is 1.60. The number of nitrogens with zero attached hydrogens (tertiary/aromatic N) is 1. The van der Waals surface area contributed by atoms with Crippen LogP contribution in [0.25, 0.3) is 10.8 Å². The Morgan fingerprint density at radius 3 is 2.13 bits per heavy atom. The predicted octanol–water partition coefficient (Wildman–Crippen LogP) is 0.739. The molecule has 3 aromatic carbocycles. The molecule has 61 heavy (non-hydrogen) atoms. The minimum atomic E-state index is -1.46. The standard InChI is InChI=1S/C44H58N8O9/c1-29(61-28-32-14-7-6-8-15-32)27-52-30(2)42(58)51-36(22-34-18-13-17-33-16-9-10-19-35(33)34)43(59)49-25-40(56)48-24-39(55)46-21-12-5-4-11-20-45-38(54)23-37(44(52)60)50-41(57)26-47-31(3)53/h6-10,13-19,29-30,36-37H,4-5,11-12,20-28H2,1-3H3,(H,45,54)(H,46,55)(H,47,53)(H,48,56)(H,49,59)(H,50,57)(H,51,58)/t29?,30-,36+,37-/m0/s1. The van der Waals surface area contributed by atoms with Crippen molar-refractivity contribution in [3.05, 3.63) is 83.9 Å².